The summed E-state index contributed by atoms with van der Waals surface area (Å²) in [5.41, 5.74) is 1.72. The molecular weight excluding hydrogens is 226 g/mol. The van der Waals surface area contributed by atoms with Gasteiger partial charge in [0.05, 0.1) is 5.69 Å². The molecule has 1 aromatic rings. The number of aryl methyl sites for hydroxylation is 1. The Balaban J connectivity index is 0.00000128. The Morgan fingerprint density at radius 3 is 2.75 bits per heavy atom. The van der Waals surface area contributed by atoms with Crippen LogP contribution < -0.4 is 5.32 Å². The van der Waals surface area contributed by atoms with Gasteiger partial charge >= 0.3 is 0 Å². The van der Waals surface area contributed by atoms with Gasteiger partial charge in [-0.15, -0.1) is 12.4 Å². The Kier molecular flexibility index (Phi) is 4.53. The predicted octanol–water partition coefficient (Wildman–Crippen LogP) is 0.921. The average Bonchev–Trinajstić information content (AvgIpc) is 2.08. The number of hydrogen-bond donors (Lipinski definition) is 2. The van der Waals surface area contributed by atoms with Gasteiger partial charge in [-0.1, -0.05) is 0 Å². The number of rotatable bonds is 3. The molecule has 0 aromatic carbocycles. The van der Waals surface area contributed by atoms with Crippen LogP contribution in [-0.2, 0) is 6.54 Å². The monoisotopic (exact) mass is 243 g/mol. The number of nitrogens with one attached hydrogen (secondary N) is 1. The van der Waals surface area contributed by atoms with Crippen molar-refractivity contribution in [3.05, 3.63) is 23.5 Å². The first kappa shape index (κ1) is 13.2. The Morgan fingerprint density at radius 2 is 2.19 bits per heavy atom. The topological polar surface area (TPSA) is 48.4 Å². The molecule has 0 bridgehead atoms. The Hall–Kier alpha value is -0.840. The number of aromatic nitrogens is 1. The van der Waals surface area contributed by atoms with Gasteiger partial charge in [0, 0.05) is 31.4 Å². The molecule has 1 fully saturated rings. The van der Waals surface area contributed by atoms with Gasteiger partial charge < -0.3 is 10.4 Å². The van der Waals surface area contributed by atoms with Gasteiger partial charge in [0.25, 0.3) is 0 Å². The molecule has 0 spiro atoms. The third kappa shape index (κ3) is 2.84. The molecule has 0 saturated carbocycles. The summed E-state index contributed by atoms with van der Waals surface area (Å²) in [6, 6.07) is 4.11. The summed E-state index contributed by atoms with van der Waals surface area (Å²) in [7, 11) is 2.06. The van der Waals surface area contributed by atoms with Gasteiger partial charge in [0.1, 0.15) is 5.75 Å². The standard InChI is InChI=1S/C11H17N3O.ClH/c1-8-3-4-11(15)10(13-8)7-14(2)9-5-12-6-9;/h3-4,9,12,15H,5-7H2,1-2H3;1H. The van der Waals surface area contributed by atoms with E-state index in [1.54, 1.807) is 6.07 Å². The number of likely N-dealkylation sites (N-methyl/N-ethyl adjacent to an activating group) is 1. The van der Waals surface area contributed by atoms with E-state index in [1.807, 2.05) is 13.0 Å². The maximum atomic E-state index is 9.65. The van der Waals surface area contributed by atoms with Crippen molar-refractivity contribution in [2.75, 3.05) is 20.1 Å². The number of pyridine rings is 1. The zero-order chi connectivity index (χ0) is 10.8. The molecule has 0 unspecified atom stereocenters. The van der Waals surface area contributed by atoms with Crippen LogP contribution in [0.25, 0.3) is 0 Å². The van der Waals surface area contributed by atoms with Crippen molar-refractivity contribution in [3.8, 4) is 5.75 Å². The summed E-state index contributed by atoms with van der Waals surface area (Å²) in [6.07, 6.45) is 0. The molecule has 1 aliphatic rings. The molecule has 0 radical (unpaired) electrons. The average molecular weight is 244 g/mol. The summed E-state index contributed by atoms with van der Waals surface area (Å²) in [5.74, 6) is 0.291. The lowest BCUT2D eigenvalue weighted by molar-refractivity contribution is 0.169. The van der Waals surface area contributed by atoms with Crippen molar-refractivity contribution in [3.63, 3.8) is 0 Å². The predicted molar refractivity (Wildman–Crippen MR) is 66.0 cm³/mol. The Bertz CT molecular complexity index is 355. The maximum absolute atomic E-state index is 9.65. The van der Waals surface area contributed by atoms with Gasteiger partial charge in [0.15, 0.2) is 0 Å². The molecule has 0 atom stereocenters. The fraction of sp³-hybridized carbons (Fsp3) is 0.545. The van der Waals surface area contributed by atoms with Crippen molar-refractivity contribution in [2.24, 2.45) is 0 Å². The highest BCUT2D eigenvalue weighted by atomic mass is 35.5. The quantitative estimate of drug-likeness (QED) is 0.829. The molecule has 1 aromatic heterocycles. The first-order chi connectivity index (χ1) is 7.16. The van der Waals surface area contributed by atoms with Crippen LogP contribution in [0.3, 0.4) is 0 Å². The lowest BCUT2D eigenvalue weighted by Gasteiger charge is -2.35. The summed E-state index contributed by atoms with van der Waals surface area (Å²) in [5, 5.41) is 12.9. The highest BCUT2D eigenvalue weighted by Crippen LogP contribution is 2.17. The SMILES string of the molecule is Cc1ccc(O)c(CN(C)C2CNC2)n1.Cl. The van der Waals surface area contributed by atoms with Crippen LogP contribution in [0, 0.1) is 6.92 Å². The van der Waals surface area contributed by atoms with Crippen LogP contribution in [0.5, 0.6) is 5.75 Å². The van der Waals surface area contributed by atoms with Gasteiger partial charge in [-0.3, -0.25) is 9.88 Å². The van der Waals surface area contributed by atoms with Crippen molar-refractivity contribution in [2.45, 2.75) is 19.5 Å². The van der Waals surface area contributed by atoms with Gasteiger partial charge in [-0.25, -0.2) is 0 Å². The zero-order valence-corrected chi connectivity index (χ0v) is 10.4. The Morgan fingerprint density at radius 1 is 1.50 bits per heavy atom. The largest absolute Gasteiger partial charge is 0.506 e. The van der Waals surface area contributed by atoms with E-state index in [4.69, 9.17) is 0 Å². The normalized spacial score (nSPS) is 15.7. The van der Waals surface area contributed by atoms with E-state index in [0.717, 1.165) is 24.5 Å². The second-order valence-electron chi connectivity index (χ2n) is 4.15. The van der Waals surface area contributed by atoms with Gasteiger partial charge in [-0.2, -0.15) is 0 Å². The molecule has 16 heavy (non-hydrogen) atoms. The fourth-order valence-electron chi connectivity index (χ4n) is 1.67. The van der Waals surface area contributed by atoms with E-state index in [1.165, 1.54) is 0 Å². The van der Waals surface area contributed by atoms with E-state index >= 15 is 0 Å². The van der Waals surface area contributed by atoms with Gasteiger partial charge in [0.2, 0.25) is 0 Å². The summed E-state index contributed by atoms with van der Waals surface area (Å²) in [6.45, 7) is 4.71. The summed E-state index contributed by atoms with van der Waals surface area (Å²) >= 11 is 0. The first-order valence-corrected chi connectivity index (χ1v) is 5.23. The minimum absolute atomic E-state index is 0. The molecule has 5 heteroatoms. The van der Waals surface area contributed by atoms with Crippen LogP contribution in [0.1, 0.15) is 11.4 Å². The molecular formula is C11H18ClN3O. The number of aromatic hydroxyl groups is 1. The van der Waals surface area contributed by atoms with Crippen molar-refractivity contribution >= 4 is 12.4 Å². The smallest absolute Gasteiger partial charge is 0.138 e. The van der Waals surface area contributed by atoms with E-state index in [0.29, 0.717) is 18.3 Å². The first-order valence-electron chi connectivity index (χ1n) is 5.23. The molecule has 1 saturated heterocycles. The summed E-state index contributed by atoms with van der Waals surface area (Å²) < 4.78 is 0. The highest BCUT2D eigenvalue weighted by Gasteiger charge is 2.22. The summed E-state index contributed by atoms with van der Waals surface area (Å²) in [4.78, 5) is 6.56. The molecule has 90 valence electrons. The van der Waals surface area contributed by atoms with E-state index < -0.39 is 0 Å². The highest BCUT2D eigenvalue weighted by molar-refractivity contribution is 5.85. The van der Waals surface area contributed by atoms with E-state index in [-0.39, 0.29) is 12.4 Å². The second kappa shape index (κ2) is 5.48. The van der Waals surface area contributed by atoms with E-state index in [9.17, 15) is 5.11 Å². The van der Waals surface area contributed by atoms with Crippen molar-refractivity contribution in [1.82, 2.24) is 15.2 Å². The minimum Gasteiger partial charge on any atom is -0.506 e. The fourth-order valence-corrected chi connectivity index (χ4v) is 1.67. The Labute approximate surface area is 102 Å². The van der Waals surface area contributed by atoms with Crippen LogP contribution in [0.2, 0.25) is 0 Å². The molecule has 2 heterocycles. The number of nitrogens with zero attached hydrogens (tertiary/aromatic N) is 2. The van der Waals surface area contributed by atoms with Crippen LogP contribution in [-0.4, -0.2) is 41.2 Å². The van der Waals surface area contributed by atoms with Crippen molar-refractivity contribution in [1.29, 1.82) is 0 Å². The molecule has 2 N–H and O–H groups in total. The lowest BCUT2D eigenvalue weighted by Crippen LogP contribution is -2.55. The van der Waals surface area contributed by atoms with Crippen LogP contribution >= 0.6 is 12.4 Å². The third-order valence-electron chi connectivity index (χ3n) is 2.87. The molecule has 2 rings (SSSR count). The lowest BCUT2D eigenvalue weighted by atomic mass is 10.1. The van der Waals surface area contributed by atoms with E-state index in [2.05, 4.69) is 22.2 Å². The molecule has 1 aliphatic heterocycles. The second-order valence-corrected chi connectivity index (χ2v) is 4.15. The maximum Gasteiger partial charge on any atom is 0.138 e. The number of halogens is 1. The van der Waals surface area contributed by atoms with Crippen molar-refractivity contribution < 1.29 is 5.11 Å². The van der Waals surface area contributed by atoms with Gasteiger partial charge in [-0.05, 0) is 26.1 Å². The minimum atomic E-state index is 0. The third-order valence-corrected chi connectivity index (χ3v) is 2.87. The molecule has 0 amide bonds. The molecule has 0 aliphatic carbocycles. The van der Waals surface area contributed by atoms with Crippen LogP contribution in [0.15, 0.2) is 12.1 Å². The van der Waals surface area contributed by atoms with Crippen LogP contribution in [0.4, 0.5) is 0 Å². The number of hydrogen-bond acceptors (Lipinski definition) is 4. The molecule has 4 nitrogen and oxygen atoms in total. The zero-order valence-electron chi connectivity index (χ0n) is 9.60.